The fourth-order valence-electron chi connectivity index (χ4n) is 3.17. The van der Waals surface area contributed by atoms with Crippen molar-refractivity contribution in [2.24, 2.45) is 7.05 Å². The van der Waals surface area contributed by atoms with Gasteiger partial charge in [0.2, 0.25) is 5.75 Å². The van der Waals surface area contributed by atoms with Crippen LogP contribution in [-0.2, 0) is 12.8 Å². The molecule has 0 aliphatic rings. The smallest absolute Gasteiger partial charge is 0.203 e. The van der Waals surface area contributed by atoms with Gasteiger partial charge >= 0.3 is 0 Å². The summed E-state index contributed by atoms with van der Waals surface area (Å²) in [4.78, 5) is 4.72. The molecule has 0 saturated heterocycles. The van der Waals surface area contributed by atoms with E-state index >= 15 is 0 Å². The number of thioether (sulfide) groups is 1. The minimum Gasteiger partial charge on any atom is -0.493 e. The first-order valence-electron chi connectivity index (χ1n) is 9.57. The van der Waals surface area contributed by atoms with Crippen molar-refractivity contribution in [3.05, 3.63) is 52.5 Å². The molecule has 2 heterocycles. The lowest BCUT2D eigenvalue weighted by molar-refractivity contribution is 0.324. The van der Waals surface area contributed by atoms with Crippen molar-refractivity contribution in [3.63, 3.8) is 0 Å². The van der Waals surface area contributed by atoms with Crippen molar-refractivity contribution in [1.82, 2.24) is 19.7 Å². The number of halogens is 1. The number of thiazole rings is 1. The van der Waals surface area contributed by atoms with E-state index in [2.05, 4.69) is 10.2 Å². The molecule has 4 aromatic rings. The highest BCUT2D eigenvalue weighted by molar-refractivity contribution is 7.98. The molecule has 0 saturated carbocycles. The van der Waals surface area contributed by atoms with Gasteiger partial charge in [-0.15, -0.1) is 21.5 Å². The molecule has 0 radical (unpaired) electrons. The Balaban J connectivity index is 1.54. The zero-order chi connectivity index (χ0) is 22.7. The van der Waals surface area contributed by atoms with Crippen LogP contribution in [0.25, 0.3) is 22.0 Å². The summed E-state index contributed by atoms with van der Waals surface area (Å²) in [6.07, 6.45) is 0. The van der Waals surface area contributed by atoms with Gasteiger partial charge in [-0.05, 0) is 18.2 Å². The summed E-state index contributed by atoms with van der Waals surface area (Å²) >= 11 is 9.45. The Kier molecular flexibility index (Phi) is 6.88. The Bertz CT molecular complexity index is 1220. The number of rotatable bonds is 8. The number of benzene rings is 2. The van der Waals surface area contributed by atoms with Crippen molar-refractivity contribution in [2.75, 3.05) is 21.3 Å². The van der Waals surface area contributed by atoms with E-state index < -0.39 is 0 Å². The molecule has 4 rings (SSSR count). The van der Waals surface area contributed by atoms with Crippen molar-refractivity contribution >= 4 is 34.7 Å². The van der Waals surface area contributed by atoms with Gasteiger partial charge in [0.15, 0.2) is 22.5 Å². The maximum atomic E-state index is 6.30. The number of methoxy groups -OCH3 is 3. The molecule has 2 aromatic heterocycles. The van der Waals surface area contributed by atoms with E-state index in [9.17, 15) is 0 Å². The average Bonchev–Trinajstić information content (AvgIpc) is 3.43. The van der Waals surface area contributed by atoms with Crippen molar-refractivity contribution in [2.45, 2.75) is 10.9 Å². The highest BCUT2D eigenvalue weighted by atomic mass is 35.5. The van der Waals surface area contributed by atoms with E-state index in [-0.39, 0.29) is 0 Å². The van der Waals surface area contributed by atoms with E-state index in [4.69, 9.17) is 30.8 Å². The zero-order valence-electron chi connectivity index (χ0n) is 18.0. The van der Waals surface area contributed by atoms with E-state index in [1.165, 1.54) is 0 Å². The third kappa shape index (κ3) is 4.41. The Hall–Kier alpha value is -2.75. The summed E-state index contributed by atoms with van der Waals surface area (Å²) in [5.41, 5.74) is 2.72. The van der Waals surface area contributed by atoms with E-state index in [1.54, 1.807) is 44.4 Å². The fraction of sp³-hybridized carbons (Fsp3) is 0.227. The van der Waals surface area contributed by atoms with Crippen LogP contribution in [0.4, 0.5) is 0 Å². The third-order valence-electron chi connectivity index (χ3n) is 4.76. The second-order valence-corrected chi connectivity index (χ2v) is 8.90. The molecule has 32 heavy (non-hydrogen) atoms. The molecular weight excluding hydrogens is 468 g/mol. The van der Waals surface area contributed by atoms with Crippen molar-refractivity contribution in [3.8, 4) is 39.2 Å². The van der Waals surface area contributed by atoms with Gasteiger partial charge in [-0.3, -0.25) is 0 Å². The molecule has 0 N–H and O–H groups in total. The largest absolute Gasteiger partial charge is 0.493 e. The van der Waals surface area contributed by atoms with Gasteiger partial charge in [-0.1, -0.05) is 41.6 Å². The molecule has 0 spiro atoms. The number of hydrogen-bond donors (Lipinski definition) is 0. The first-order chi connectivity index (χ1) is 15.5. The van der Waals surface area contributed by atoms with E-state index in [0.717, 1.165) is 27.0 Å². The van der Waals surface area contributed by atoms with Crippen LogP contribution < -0.4 is 14.2 Å². The summed E-state index contributed by atoms with van der Waals surface area (Å²) in [6.45, 7) is 0. The van der Waals surface area contributed by atoms with Gasteiger partial charge in [0.25, 0.3) is 0 Å². The van der Waals surface area contributed by atoms with E-state index in [1.807, 2.05) is 53.4 Å². The average molecular weight is 489 g/mol. The van der Waals surface area contributed by atoms with Gasteiger partial charge in [-0.2, -0.15) is 0 Å². The van der Waals surface area contributed by atoms with Gasteiger partial charge in [0.05, 0.1) is 32.0 Å². The molecule has 0 aliphatic carbocycles. The van der Waals surface area contributed by atoms with Gasteiger partial charge in [0, 0.05) is 29.3 Å². The maximum Gasteiger partial charge on any atom is 0.203 e. The number of hydrogen-bond acceptors (Lipinski definition) is 8. The minimum absolute atomic E-state index is 0.536. The Morgan fingerprint density at radius 1 is 1.03 bits per heavy atom. The summed E-state index contributed by atoms with van der Waals surface area (Å²) in [6, 6.07) is 11.4. The van der Waals surface area contributed by atoms with Crippen LogP contribution in [0.5, 0.6) is 17.2 Å². The third-order valence-corrected chi connectivity index (χ3v) is 7.07. The monoisotopic (exact) mass is 488 g/mol. The molecule has 2 aromatic carbocycles. The lowest BCUT2D eigenvalue weighted by Gasteiger charge is -2.13. The van der Waals surface area contributed by atoms with Crippen LogP contribution >= 0.6 is 34.7 Å². The SMILES string of the molecule is COc1cc(-c2nnc(SCc3csc(-c4ccccc4Cl)n3)n2C)cc(OC)c1OC. The number of aromatic nitrogens is 4. The summed E-state index contributed by atoms with van der Waals surface area (Å²) in [5.74, 6) is 3.03. The second-order valence-electron chi connectivity index (χ2n) is 6.69. The van der Waals surface area contributed by atoms with Gasteiger partial charge in [-0.25, -0.2) is 4.98 Å². The number of nitrogens with zero attached hydrogens (tertiary/aromatic N) is 4. The van der Waals surface area contributed by atoms with Crippen LogP contribution in [0, 0.1) is 0 Å². The normalized spacial score (nSPS) is 10.9. The van der Waals surface area contributed by atoms with Crippen LogP contribution in [0.1, 0.15) is 5.69 Å². The predicted molar refractivity (Wildman–Crippen MR) is 128 cm³/mol. The summed E-state index contributed by atoms with van der Waals surface area (Å²) in [7, 11) is 6.68. The van der Waals surface area contributed by atoms with Crippen LogP contribution in [0.3, 0.4) is 0 Å². The van der Waals surface area contributed by atoms with Gasteiger partial charge in [0.1, 0.15) is 5.01 Å². The molecule has 0 atom stereocenters. The molecule has 7 nitrogen and oxygen atoms in total. The molecule has 0 bridgehead atoms. The molecule has 166 valence electrons. The zero-order valence-corrected chi connectivity index (χ0v) is 20.3. The summed E-state index contributed by atoms with van der Waals surface area (Å²) in [5, 5.41) is 13.2. The maximum absolute atomic E-state index is 6.30. The van der Waals surface area contributed by atoms with Gasteiger partial charge < -0.3 is 18.8 Å². The molecule has 0 aliphatic heterocycles. The van der Waals surface area contributed by atoms with Crippen molar-refractivity contribution in [1.29, 1.82) is 0 Å². The predicted octanol–water partition coefficient (Wildman–Crippen LogP) is 5.58. The van der Waals surface area contributed by atoms with E-state index in [0.29, 0.717) is 33.8 Å². The molecule has 10 heteroatoms. The summed E-state index contributed by atoms with van der Waals surface area (Å²) < 4.78 is 18.3. The lowest BCUT2D eigenvalue weighted by Crippen LogP contribution is -1.99. The Morgan fingerprint density at radius 2 is 1.75 bits per heavy atom. The fourth-order valence-corrected chi connectivity index (χ4v) is 5.22. The van der Waals surface area contributed by atoms with Crippen LogP contribution in [-0.4, -0.2) is 41.1 Å². The minimum atomic E-state index is 0.536. The molecule has 0 amide bonds. The molecule has 0 fully saturated rings. The van der Waals surface area contributed by atoms with Crippen LogP contribution in [0.15, 0.2) is 46.9 Å². The number of ether oxygens (including phenoxy) is 3. The Labute approximate surface area is 199 Å². The second kappa shape index (κ2) is 9.81. The Morgan fingerprint density at radius 3 is 2.41 bits per heavy atom. The first kappa shape index (κ1) is 22.4. The topological polar surface area (TPSA) is 71.3 Å². The van der Waals surface area contributed by atoms with Crippen molar-refractivity contribution < 1.29 is 14.2 Å². The highest BCUT2D eigenvalue weighted by Crippen LogP contribution is 2.41. The first-order valence-corrected chi connectivity index (χ1v) is 11.8. The quantitative estimate of drug-likeness (QED) is 0.300. The van der Waals surface area contributed by atoms with Crippen LogP contribution in [0.2, 0.25) is 5.02 Å². The molecule has 0 unspecified atom stereocenters. The lowest BCUT2D eigenvalue weighted by atomic mass is 10.1. The standard InChI is InChI=1S/C22H21ClN4O3S2/c1-27-20(13-9-17(28-2)19(30-4)18(10-13)29-3)25-26-22(27)32-12-14-11-31-21(24-14)15-7-5-6-8-16(15)23/h5-11H,12H2,1-4H3. The highest BCUT2D eigenvalue weighted by Gasteiger charge is 2.18. The molecular formula is C22H21ClN4O3S2.